The Bertz CT molecular complexity index is 939. The Kier molecular flexibility index (Phi) is 6.25. The maximum atomic E-state index is 12.4. The number of anilines is 2. The number of hydrogen-bond donors (Lipinski definition) is 2. The van der Waals surface area contributed by atoms with Crippen molar-refractivity contribution >= 4 is 27.4 Å². The van der Waals surface area contributed by atoms with Crippen LogP contribution in [0.4, 0.5) is 11.6 Å². The summed E-state index contributed by atoms with van der Waals surface area (Å²) in [5.41, 5.74) is 0.480. The van der Waals surface area contributed by atoms with Crippen LogP contribution in [0.3, 0.4) is 0 Å². The highest BCUT2D eigenvalue weighted by molar-refractivity contribution is 7.89. The van der Waals surface area contributed by atoms with Crippen LogP contribution in [-0.4, -0.2) is 50.3 Å². The van der Waals surface area contributed by atoms with E-state index in [1.165, 1.54) is 44.0 Å². The van der Waals surface area contributed by atoms with Crippen LogP contribution < -0.4 is 14.9 Å². The molecule has 0 bridgehead atoms. The molecule has 8 nitrogen and oxygen atoms in total. The smallest absolute Gasteiger partial charge is 0.240 e. The molecular formula is C19H25N5O3S. The van der Waals surface area contributed by atoms with E-state index in [0.29, 0.717) is 23.8 Å². The van der Waals surface area contributed by atoms with Gasteiger partial charge in [0, 0.05) is 37.8 Å². The molecule has 2 heterocycles. The van der Waals surface area contributed by atoms with Gasteiger partial charge in [0.05, 0.1) is 4.90 Å². The van der Waals surface area contributed by atoms with Crippen LogP contribution in [0.15, 0.2) is 35.2 Å². The molecule has 1 aliphatic heterocycles. The standard InChI is InChI=1S/C19H25N5O3S/c1-14(25)16-5-7-17(8-6-16)28(26,27)21-10-9-20-18-13-19(23-15(2)22-18)24-11-3-4-12-24/h5-8,13,21H,3-4,9-12H2,1-2H3,(H,20,22,23). The minimum absolute atomic E-state index is 0.102. The normalized spacial score (nSPS) is 14.3. The molecule has 0 spiro atoms. The molecule has 28 heavy (non-hydrogen) atoms. The first-order valence-electron chi connectivity index (χ1n) is 9.30. The Morgan fingerprint density at radius 1 is 1.11 bits per heavy atom. The van der Waals surface area contributed by atoms with Crippen LogP contribution in [0, 0.1) is 6.92 Å². The molecule has 0 aliphatic carbocycles. The van der Waals surface area contributed by atoms with Gasteiger partial charge in [-0.1, -0.05) is 12.1 Å². The number of carbonyl (C=O) groups excluding carboxylic acids is 1. The number of hydrogen-bond acceptors (Lipinski definition) is 7. The summed E-state index contributed by atoms with van der Waals surface area (Å²) in [7, 11) is -3.63. The van der Waals surface area contributed by atoms with Crippen LogP contribution in [0.25, 0.3) is 0 Å². The van der Waals surface area contributed by atoms with Crippen molar-refractivity contribution in [2.45, 2.75) is 31.6 Å². The third-order valence-corrected chi connectivity index (χ3v) is 6.03. The SMILES string of the molecule is CC(=O)c1ccc(S(=O)(=O)NCCNc2cc(N3CCCC3)nc(C)n2)cc1. The molecule has 0 unspecified atom stereocenters. The number of sulfonamides is 1. The fraction of sp³-hybridized carbons (Fsp3) is 0.421. The van der Waals surface area contributed by atoms with Crippen molar-refractivity contribution in [2.75, 3.05) is 36.4 Å². The lowest BCUT2D eigenvalue weighted by molar-refractivity contribution is 0.101. The Morgan fingerprint density at radius 2 is 1.79 bits per heavy atom. The lowest BCUT2D eigenvalue weighted by Gasteiger charge is -2.17. The monoisotopic (exact) mass is 403 g/mol. The molecule has 1 saturated heterocycles. The van der Waals surface area contributed by atoms with Gasteiger partial charge in [-0.25, -0.2) is 23.1 Å². The highest BCUT2D eigenvalue weighted by Gasteiger charge is 2.16. The summed E-state index contributed by atoms with van der Waals surface area (Å²) >= 11 is 0. The van der Waals surface area contributed by atoms with Gasteiger partial charge in [-0.2, -0.15) is 0 Å². The lowest BCUT2D eigenvalue weighted by atomic mass is 10.2. The summed E-state index contributed by atoms with van der Waals surface area (Å²) in [6.45, 7) is 5.88. The van der Waals surface area contributed by atoms with Crippen molar-refractivity contribution in [2.24, 2.45) is 0 Å². The van der Waals surface area contributed by atoms with E-state index in [1.54, 1.807) is 0 Å². The summed E-state index contributed by atoms with van der Waals surface area (Å²) in [5.74, 6) is 2.16. The second-order valence-electron chi connectivity index (χ2n) is 6.76. The van der Waals surface area contributed by atoms with Gasteiger partial charge < -0.3 is 10.2 Å². The fourth-order valence-electron chi connectivity index (χ4n) is 3.08. The summed E-state index contributed by atoms with van der Waals surface area (Å²) in [6, 6.07) is 7.79. The Labute approximate surface area is 165 Å². The Balaban J connectivity index is 1.55. The molecule has 9 heteroatoms. The highest BCUT2D eigenvalue weighted by atomic mass is 32.2. The van der Waals surface area contributed by atoms with Gasteiger partial charge in [-0.3, -0.25) is 4.79 Å². The molecular weight excluding hydrogens is 378 g/mol. The Hall–Kier alpha value is -2.52. The van der Waals surface area contributed by atoms with Crippen LogP contribution in [0.1, 0.15) is 35.9 Å². The van der Waals surface area contributed by atoms with E-state index in [2.05, 4.69) is 24.9 Å². The second kappa shape index (κ2) is 8.66. The van der Waals surface area contributed by atoms with E-state index in [4.69, 9.17) is 0 Å². The van der Waals surface area contributed by atoms with Crippen molar-refractivity contribution in [1.82, 2.24) is 14.7 Å². The number of nitrogens with zero attached hydrogens (tertiary/aromatic N) is 3. The van der Waals surface area contributed by atoms with Crippen LogP contribution in [0.2, 0.25) is 0 Å². The summed E-state index contributed by atoms with van der Waals surface area (Å²) in [6.07, 6.45) is 2.34. The van der Waals surface area contributed by atoms with Crippen LogP contribution in [0.5, 0.6) is 0 Å². The highest BCUT2D eigenvalue weighted by Crippen LogP contribution is 2.20. The van der Waals surface area contributed by atoms with E-state index in [9.17, 15) is 13.2 Å². The number of aromatic nitrogens is 2. The topological polar surface area (TPSA) is 104 Å². The zero-order valence-corrected chi connectivity index (χ0v) is 16.9. The molecule has 0 atom stereocenters. The quantitative estimate of drug-likeness (QED) is 0.513. The third-order valence-electron chi connectivity index (χ3n) is 4.55. The maximum Gasteiger partial charge on any atom is 0.240 e. The zero-order valence-electron chi connectivity index (χ0n) is 16.1. The van der Waals surface area contributed by atoms with Gasteiger partial charge in [0.2, 0.25) is 10.0 Å². The zero-order chi connectivity index (χ0) is 20.1. The number of benzene rings is 1. The average Bonchev–Trinajstić information content (AvgIpc) is 3.20. The van der Waals surface area contributed by atoms with E-state index < -0.39 is 10.0 Å². The number of aryl methyl sites for hydroxylation is 1. The molecule has 0 saturated carbocycles. The first-order chi connectivity index (χ1) is 13.3. The molecule has 0 radical (unpaired) electrons. The largest absolute Gasteiger partial charge is 0.369 e. The van der Waals surface area contributed by atoms with Crippen molar-refractivity contribution in [3.05, 3.63) is 41.7 Å². The first-order valence-corrected chi connectivity index (χ1v) is 10.8. The van der Waals surface area contributed by atoms with E-state index in [-0.39, 0.29) is 17.2 Å². The Morgan fingerprint density at radius 3 is 2.43 bits per heavy atom. The summed E-state index contributed by atoms with van der Waals surface area (Å²) in [4.78, 5) is 22.5. The summed E-state index contributed by atoms with van der Waals surface area (Å²) in [5, 5.41) is 3.15. The van der Waals surface area contributed by atoms with E-state index in [1.807, 2.05) is 13.0 Å². The molecule has 2 aromatic rings. The van der Waals surface area contributed by atoms with Gasteiger partial charge >= 0.3 is 0 Å². The first kappa shape index (κ1) is 20.2. The molecule has 1 fully saturated rings. The molecule has 150 valence electrons. The molecule has 1 aromatic carbocycles. The van der Waals surface area contributed by atoms with Crippen LogP contribution >= 0.6 is 0 Å². The fourth-order valence-corrected chi connectivity index (χ4v) is 4.11. The number of nitrogens with one attached hydrogen (secondary N) is 2. The number of rotatable bonds is 8. The van der Waals surface area contributed by atoms with E-state index in [0.717, 1.165) is 18.9 Å². The molecule has 3 rings (SSSR count). The maximum absolute atomic E-state index is 12.4. The number of carbonyl (C=O) groups is 1. The molecule has 1 aliphatic rings. The van der Waals surface area contributed by atoms with Gasteiger partial charge in [0.1, 0.15) is 17.5 Å². The summed E-state index contributed by atoms with van der Waals surface area (Å²) < 4.78 is 27.3. The predicted octanol–water partition coefficient (Wildman–Crippen LogP) is 1.98. The minimum atomic E-state index is -3.63. The predicted molar refractivity (Wildman–Crippen MR) is 108 cm³/mol. The van der Waals surface area contributed by atoms with Crippen molar-refractivity contribution in [1.29, 1.82) is 0 Å². The van der Waals surface area contributed by atoms with Crippen LogP contribution in [-0.2, 0) is 10.0 Å². The minimum Gasteiger partial charge on any atom is -0.369 e. The molecule has 1 aromatic heterocycles. The van der Waals surface area contributed by atoms with Gasteiger partial charge in [-0.15, -0.1) is 0 Å². The molecule has 0 amide bonds. The van der Waals surface area contributed by atoms with Crippen molar-refractivity contribution in [3.8, 4) is 0 Å². The van der Waals surface area contributed by atoms with Gasteiger partial charge in [0.15, 0.2) is 5.78 Å². The number of Topliss-reactive ketones (excluding diaryl/α,β-unsaturated/α-hetero) is 1. The van der Waals surface area contributed by atoms with Gasteiger partial charge in [0.25, 0.3) is 0 Å². The third kappa shape index (κ3) is 5.05. The lowest BCUT2D eigenvalue weighted by Crippen LogP contribution is -2.29. The van der Waals surface area contributed by atoms with Crippen molar-refractivity contribution in [3.63, 3.8) is 0 Å². The van der Waals surface area contributed by atoms with Gasteiger partial charge in [-0.05, 0) is 38.8 Å². The number of ketones is 1. The van der Waals surface area contributed by atoms with Crippen molar-refractivity contribution < 1.29 is 13.2 Å². The molecule has 2 N–H and O–H groups in total. The second-order valence-corrected chi connectivity index (χ2v) is 8.52. The average molecular weight is 404 g/mol. The van der Waals surface area contributed by atoms with E-state index >= 15 is 0 Å².